The Bertz CT molecular complexity index is 1550. The number of imidazole rings is 1. The highest BCUT2D eigenvalue weighted by atomic mass is 19.3. The summed E-state index contributed by atoms with van der Waals surface area (Å²) in [6, 6.07) is 6.73. The van der Waals surface area contributed by atoms with Gasteiger partial charge >= 0.3 is 0 Å². The van der Waals surface area contributed by atoms with E-state index in [4.69, 9.17) is 9.72 Å². The molecule has 4 aromatic rings. The molecular weight excluding hydrogens is 490 g/mol. The van der Waals surface area contributed by atoms with Crippen molar-refractivity contribution in [3.8, 4) is 22.5 Å². The van der Waals surface area contributed by atoms with Crippen molar-refractivity contribution in [2.75, 3.05) is 20.3 Å². The maximum absolute atomic E-state index is 14.4. The Balaban J connectivity index is 1.60. The van der Waals surface area contributed by atoms with Crippen LogP contribution in [0.25, 0.3) is 33.4 Å². The molecule has 1 saturated heterocycles. The SMILES string of the molecule is C[C@@H]1C(=O)N(C)Cc2c(-c3cccc4nc(-c5cnn(C)c5)c(C(F)F)cc34)nc(C3(C)CCOCC3)n21. The number of hydrogen-bond acceptors (Lipinski definition) is 5. The summed E-state index contributed by atoms with van der Waals surface area (Å²) in [7, 11) is 3.53. The fraction of sp³-hybridized carbons (Fsp3) is 0.429. The fourth-order valence-corrected chi connectivity index (χ4v) is 5.81. The first-order chi connectivity index (χ1) is 18.2. The molecule has 6 rings (SSSR count). The molecule has 0 unspecified atom stereocenters. The fourth-order valence-electron chi connectivity index (χ4n) is 5.81. The molecule has 1 fully saturated rings. The number of pyridine rings is 1. The van der Waals surface area contributed by atoms with Gasteiger partial charge in [0.15, 0.2) is 0 Å². The largest absolute Gasteiger partial charge is 0.381 e. The molecule has 2 aliphatic heterocycles. The van der Waals surface area contributed by atoms with Crippen molar-refractivity contribution in [1.82, 2.24) is 29.2 Å². The van der Waals surface area contributed by atoms with Crippen LogP contribution in [0.5, 0.6) is 0 Å². The number of likely N-dealkylation sites (N-methyl/N-ethyl adjacent to an activating group) is 1. The van der Waals surface area contributed by atoms with Gasteiger partial charge in [0.25, 0.3) is 6.43 Å². The summed E-state index contributed by atoms with van der Waals surface area (Å²) < 4.78 is 38.0. The van der Waals surface area contributed by atoms with E-state index in [9.17, 15) is 13.6 Å². The van der Waals surface area contributed by atoms with Gasteiger partial charge in [-0.15, -0.1) is 0 Å². The van der Waals surface area contributed by atoms with Gasteiger partial charge in [-0.05, 0) is 31.9 Å². The Hall–Kier alpha value is -3.66. The lowest BCUT2D eigenvalue weighted by Crippen LogP contribution is -2.42. The summed E-state index contributed by atoms with van der Waals surface area (Å²) in [6.45, 7) is 5.72. The second kappa shape index (κ2) is 8.97. The molecule has 0 radical (unpaired) electrons. The number of fused-ring (bicyclic) bond motifs is 2. The lowest BCUT2D eigenvalue weighted by atomic mass is 9.81. The maximum atomic E-state index is 14.4. The summed E-state index contributed by atoms with van der Waals surface area (Å²) in [5.41, 5.74) is 3.29. The Kier molecular flexibility index (Phi) is 5.82. The summed E-state index contributed by atoms with van der Waals surface area (Å²) in [5.74, 6) is 0.879. The van der Waals surface area contributed by atoms with Gasteiger partial charge in [0.05, 0.1) is 35.3 Å². The quantitative estimate of drug-likeness (QED) is 0.377. The van der Waals surface area contributed by atoms with E-state index in [1.165, 1.54) is 6.07 Å². The number of aryl methyl sites for hydroxylation is 1. The first-order valence-corrected chi connectivity index (χ1v) is 12.8. The van der Waals surface area contributed by atoms with Gasteiger partial charge in [0, 0.05) is 61.0 Å². The third kappa shape index (κ3) is 3.81. The smallest absolute Gasteiger partial charge is 0.265 e. The van der Waals surface area contributed by atoms with Crippen LogP contribution in [0.15, 0.2) is 36.7 Å². The highest BCUT2D eigenvalue weighted by Crippen LogP contribution is 2.43. The number of alkyl halides is 2. The molecule has 1 aromatic carbocycles. The molecule has 198 valence electrons. The molecule has 1 atom stereocenters. The molecule has 0 aliphatic carbocycles. The van der Waals surface area contributed by atoms with Crippen LogP contribution in [0.2, 0.25) is 0 Å². The number of nitrogens with zero attached hydrogens (tertiary/aromatic N) is 6. The van der Waals surface area contributed by atoms with Crippen LogP contribution in [-0.2, 0) is 28.5 Å². The average Bonchev–Trinajstić information content (AvgIpc) is 3.51. The molecule has 8 nitrogen and oxygen atoms in total. The topological polar surface area (TPSA) is 78.1 Å². The molecule has 0 saturated carbocycles. The minimum absolute atomic E-state index is 0.0269. The minimum Gasteiger partial charge on any atom is -0.381 e. The van der Waals surface area contributed by atoms with Crippen LogP contribution in [0, 0.1) is 0 Å². The number of carbonyl (C=O) groups excluding carboxylic acids is 1. The maximum Gasteiger partial charge on any atom is 0.265 e. The predicted molar refractivity (Wildman–Crippen MR) is 139 cm³/mol. The van der Waals surface area contributed by atoms with Crippen molar-refractivity contribution in [2.45, 2.75) is 51.1 Å². The molecule has 1 amide bonds. The molecule has 0 N–H and O–H groups in total. The van der Waals surface area contributed by atoms with Gasteiger partial charge in [-0.2, -0.15) is 5.10 Å². The third-order valence-corrected chi connectivity index (χ3v) is 8.01. The molecule has 2 aliphatic rings. The van der Waals surface area contributed by atoms with Crippen molar-refractivity contribution in [3.05, 3.63) is 53.7 Å². The van der Waals surface area contributed by atoms with Gasteiger partial charge in [-0.1, -0.05) is 19.1 Å². The van der Waals surface area contributed by atoms with Crippen molar-refractivity contribution < 1.29 is 18.3 Å². The molecule has 0 spiro atoms. The van der Waals surface area contributed by atoms with E-state index in [1.54, 1.807) is 36.1 Å². The second-order valence-electron chi connectivity index (χ2n) is 10.6. The Morgan fingerprint density at radius 3 is 2.58 bits per heavy atom. The number of amides is 1. The highest BCUT2D eigenvalue weighted by Gasteiger charge is 2.41. The van der Waals surface area contributed by atoms with E-state index in [0.29, 0.717) is 41.9 Å². The minimum atomic E-state index is -2.72. The summed E-state index contributed by atoms with van der Waals surface area (Å²) in [4.78, 5) is 24.6. The van der Waals surface area contributed by atoms with Crippen LogP contribution < -0.4 is 0 Å². The Labute approximate surface area is 219 Å². The normalized spacial score (nSPS) is 19.4. The number of halogens is 2. The Morgan fingerprint density at radius 1 is 1.13 bits per heavy atom. The van der Waals surface area contributed by atoms with Gasteiger partial charge < -0.3 is 14.2 Å². The van der Waals surface area contributed by atoms with Crippen LogP contribution >= 0.6 is 0 Å². The van der Waals surface area contributed by atoms with Crippen LogP contribution in [-0.4, -0.2) is 55.4 Å². The van der Waals surface area contributed by atoms with E-state index >= 15 is 0 Å². The molecule has 3 aromatic heterocycles. The summed E-state index contributed by atoms with van der Waals surface area (Å²) >= 11 is 0. The zero-order valence-corrected chi connectivity index (χ0v) is 21.9. The predicted octanol–water partition coefficient (Wildman–Crippen LogP) is 5.04. The number of benzene rings is 1. The zero-order valence-electron chi connectivity index (χ0n) is 21.9. The lowest BCUT2D eigenvalue weighted by Gasteiger charge is -2.37. The molecule has 5 heterocycles. The van der Waals surface area contributed by atoms with Crippen molar-refractivity contribution in [1.29, 1.82) is 0 Å². The van der Waals surface area contributed by atoms with Gasteiger partial charge in [-0.3, -0.25) is 9.48 Å². The van der Waals surface area contributed by atoms with Gasteiger partial charge in [0.1, 0.15) is 11.9 Å². The lowest BCUT2D eigenvalue weighted by molar-refractivity contribution is -0.135. The number of ether oxygens (including phenoxy) is 1. The third-order valence-electron chi connectivity index (χ3n) is 8.01. The Morgan fingerprint density at radius 2 is 1.89 bits per heavy atom. The molecule has 10 heteroatoms. The second-order valence-corrected chi connectivity index (χ2v) is 10.6. The van der Waals surface area contributed by atoms with E-state index in [-0.39, 0.29) is 22.6 Å². The first-order valence-electron chi connectivity index (χ1n) is 12.8. The average molecular weight is 521 g/mol. The number of carbonyl (C=O) groups is 1. The highest BCUT2D eigenvalue weighted by molar-refractivity contribution is 5.96. The van der Waals surface area contributed by atoms with Crippen LogP contribution in [0.3, 0.4) is 0 Å². The molecule has 38 heavy (non-hydrogen) atoms. The molecule has 0 bridgehead atoms. The molecular formula is C28H30F2N6O2. The number of aromatic nitrogens is 5. The van der Waals surface area contributed by atoms with E-state index < -0.39 is 12.5 Å². The van der Waals surface area contributed by atoms with Gasteiger partial charge in [-0.25, -0.2) is 18.7 Å². The van der Waals surface area contributed by atoms with Crippen molar-refractivity contribution in [3.63, 3.8) is 0 Å². The van der Waals surface area contributed by atoms with E-state index in [2.05, 4.69) is 21.6 Å². The standard InChI is InChI=1S/C28H30F2N6O2/c1-16-26(37)34(3)15-22-24(33-27(36(16)22)28(2)8-10-38-11-9-28)18-6-5-7-21-19(18)12-20(25(29)30)23(32-21)17-13-31-35(4)14-17/h5-7,12-14,16,25H,8-11,15H2,1-4H3/t16-/m1/s1. The number of hydrogen-bond donors (Lipinski definition) is 0. The van der Waals surface area contributed by atoms with E-state index in [0.717, 1.165) is 29.9 Å². The monoisotopic (exact) mass is 520 g/mol. The number of rotatable bonds is 4. The first kappa shape index (κ1) is 24.7. The zero-order chi connectivity index (χ0) is 26.8. The van der Waals surface area contributed by atoms with Crippen LogP contribution in [0.4, 0.5) is 8.78 Å². The summed E-state index contributed by atoms with van der Waals surface area (Å²) in [6.07, 6.45) is 2.10. The van der Waals surface area contributed by atoms with Crippen LogP contribution in [0.1, 0.15) is 56.2 Å². The van der Waals surface area contributed by atoms with Gasteiger partial charge in [0.2, 0.25) is 5.91 Å². The van der Waals surface area contributed by atoms with E-state index in [1.807, 2.05) is 25.1 Å². The van der Waals surface area contributed by atoms with Crippen molar-refractivity contribution in [2.24, 2.45) is 7.05 Å². The van der Waals surface area contributed by atoms with Crippen molar-refractivity contribution >= 4 is 16.8 Å². The summed E-state index contributed by atoms with van der Waals surface area (Å²) in [5, 5.41) is 4.74.